The van der Waals surface area contributed by atoms with E-state index in [9.17, 15) is 14.0 Å². The van der Waals surface area contributed by atoms with E-state index in [-0.39, 0.29) is 23.0 Å². The molecular formula is C29H22FN3O5S. The van der Waals surface area contributed by atoms with E-state index in [1.165, 1.54) is 37.1 Å². The molecular weight excluding hydrogens is 521 g/mol. The normalized spacial score (nSPS) is 15.6. The molecule has 3 aromatic carbocycles. The van der Waals surface area contributed by atoms with Gasteiger partial charge in [0.25, 0.3) is 5.91 Å². The van der Waals surface area contributed by atoms with Gasteiger partial charge in [0.2, 0.25) is 0 Å². The molecule has 39 heavy (non-hydrogen) atoms. The van der Waals surface area contributed by atoms with Crippen molar-refractivity contribution in [1.82, 2.24) is 4.90 Å². The molecule has 0 spiro atoms. The zero-order valence-corrected chi connectivity index (χ0v) is 21.8. The highest BCUT2D eigenvalue weighted by Gasteiger charge is 2.36. The number of fused-ring (bicyclic) bond motifs is 1. The number of nitrogens with one attached hydrogen (secondary N) is 1. The van der Waals surface area contributed by atoms with Crippen molar-refractivity contribution in [2.24, 2.45) is 4.99 Å². The number of ether oxygens (including phenoxy) is 3. The number of carbonyl (C=O) groups excluding carboxylic acids is 2. The van der Waals surface area contributed by atoms with Crippen molar-refractivity contribution < 1.29 is 28.2 Å². The van der Waals surface area contributed by atoms with E-state index in [0.29, 0.717) is 45.7 Å². The molecule has 10 heteroatoms. The summed E-state index contributed by atoms with van der Waals surface area (Å²) in [6.45, 7) is 2.11. The van der Waals surface area contributed by atoms with Crippen molar-refractivity contribution in [2.75, 3.05) is 13.7 Å². The molecule has 0 fully saturated rings. The maximum absolute atomic E-state index is 13.4. The van der Waals surface area contributed by atoms with Crippen LogP contribution in [0.25, 0.3) is 11.8 Å². The minimum Gasteiger partial charge on any atom is -0.497 e. The maximum atomic E-state index is 13.4. The summed E-state index contributed by atoms with van der Waals surface area (Å²) >= 11 is 1.22. The summed E-state index contributed by atoms with van der Waals surface area (Å²) in [4.78, 5) is 31.2. The van der Waals surface area contributed by atoms with Gasteiger partial charge in [-0.15, -0.1) is 0 Å². The molecule has 0 saturated carbocycles. The number of esters is 1. The Morgan fingerprint density at radius 1 is 1.08 bits per heavy atom. The average Bonchev–Trinajstić information content (AvgIpc) is 3.36. The maximum Gasteiger partial charge on any atom is 0.343 e. The van der Waals surface area contributed by atoms with Crippen LogP contribution >= 0.6 is 11.8 Å². The SMILES string of the molecule is CCOc1cc(/C=C2\C(=N)N3C(c4ccc(F)cc4)=CSC3=NC2=O)ccc1OC(=O)c1ccc(OC)cc1. The molecule has 0 aromatic heterocycles. The highest BCUT2D eigenvalue weighted by molar-refractivity contribution is 8.17. The standard InChI is InChI=1S/C29H22FN3O5S/c1-3-37-25-15-17(4-13-24(25)38-28(35)19-7-11-21(36-2)12-8-19)14-22-26(31)33-23(16-39-29(33)32-27(22)34)18-5-9-20(30)10-6-18/h4-16,31H,3H2,1-2H3/b22-14+,31-26?. The molecule has 5 rings (SSSR count). The molecule has 1 amide bonds. The first-order valence-corrected chi connectivity index (χ1v) is 12.8. The number of hydrogen-bond donors (Lipinski definition) is 1. The zero-order valence-electron chi connectivity index (χ0n) is 20.9. The fourth-order valence-electron chi connectivity index (χ4n) is 3.95. The predicted molar refractivity (Wildman–Crippen MR) is 148 cm³/mol. The third-order valence-electron chi connectivity index (χ3n) is 5.86. The minimum absolute atomic E-state index is 0.0569. The molecule has 2 heterocycles. The first kappa shape index (κ1) is 25.9. The second kappa shape index (κ2) is 11.0. The van der Waals surface area contributed by atoms with Gasteiger partial charge in [-0.2, -0.15) is 4.99 Å². The number of halogens is 1. The topological polar surface area (TPSA) is 101 Å². The number of aliphatic imine (C=N–C) groups is 1. The first-order chi connectivity index (χ1) is 18.9. The van der Waals surface area contributed by atoms with Crippen LogP contribution in [0.2, 0.25) is 0 Å². The molecule has 0 atom stereocenters. The molecule has 196 valence electrons. The second-order valence-electron chi connectivity index (χ2n) is 8.33. The lowest BCUT2D eigenvalue weighted by molar-refractivity contribution is -0.114. The molecule has 1 N–H and O–H groups in total. The number of rotatable bonds is 7. The van der Waals surface area contributed by atoms with Gasteiger partial charge in [0.15, 0.2) is 16.7 Å². The summed E-state index contributed by atoms with van der Waals surface area (Å²) in [6, 6.07) is 17.3. The van der Waals surface area contributed by atoms with Crippen LogP contribution in [0.3, 0.4) is 0 Å². The number of benzene rings is 3. The van der Waals surface area contributed by atoms with Gasteiger partial charge in [-0.05, 0) is 84.8 Å². The van der Waals surface area contributed by atoms with Gasteiger partial charge in [-0.3, -0.25) is 15.1 Å². The minimum atomic E-state index is -0.567. The van der Waals surface area contributed by atoms with Crippen molar-refractivity contribution in [3.8, 4) is 17.2 Å². The molecule has 0 unspecified atom stereocenters. The van der Waals surface area contributed by atoms with Crippen molar-refractivity contribution in [3.63, 3.8) is 0 Å². The molecule has 2 aliphatic rings. The van der Waals surface area contributed by atoms with Gasteiger partial charge < -0.3 is 14.2 Å². The van der Waals surface area contributed by atoms with E-state index >= 15 is 0 Å². The molecule has 0 radical (unpaired) electrons. The summed E-state index contributed by atoms with van der Waals surface area (Å²) in [6.07, 6.45) is 1.54. The van der Waals surface area contributed by atoms with E-state index in [1.54, 1.807) is 71.8 Å². The highest BCUT2D eigenvalue weighted by atomic mass is 32.2. The second-order valence-corrected chi connectivity index (χ2v) is 9.16. The van der Waals surface area contributed by atoms with Gasteiger partial charge in [-0.25, -0.2) is 9.18 Å². The Hall–Kier alpha value is -4.70. The lowest BCUT2D eigenvalue weighted by Crippen LogP contribution is -2.38. The summed E-state index contributed by atoms with van der Waals surface area (Å²) in [5.74, 6) is -0.418. The summed E-state index contributed by atoms with van der Waals surface area (Å²) in [5, 5.41) is 10.9. The van der Waals surface area contributed by atoms with Crippen LogP contribution in [0.1, 0.15) is 28.4 Å². The Kier molecular flexibility index (Phi) is 7.29. The average molecular weight is 544 g/mol. The molecule has 8 nitrogen and oxygen atoms in total. The van der Waals surface area contributed by atoms with Crippen LogP contribution in [0.4, 0.5) is 4.39 Å². The van der Waals surface area contributed by atoms with E-state index in [0.717, 1.165) is 0 Å². The Morgan fingerprint density at radius 2 is 1.82 bits per heavy atom. The zero-order chi connectivity index (χ0) is 27.5. The Morgan fingerprint density at radius 3 is 2.51 bits per heavy atom. The van der Waals surface area contributed by atoms with Crippen molar-refractivity contribution >= 4 is 46.4 Å². The molecule has 3 aromatic rings. The van der Waals surface area contributed by atoms with Gasteiger partial charge in [0.05, 0.1) is 30.6 Å². The predicted octanol–water partition coefficient (Wildman–Crippen LogP) is 5.76. The first-order valence-electron chi connectivity index (χ1n) is 11.9. The Balaban J connectivity index is 1.41. The van der Waals surface area contributed by atoms with E-state index < -0.39 is 11.9 Å². The number of carbonyl (C=O) groups is 2. The number of amides is 1. The van der Waals surface area contributed by atoms with E-state index in [1.807, 2.05) is 0 Å². The van der Waals surface area contributed by atoms with Crippen LogP contribution < -0.4 is 14.2 Å². The van der Waals surface area contributed by atoms with E-state index in [4.69, 9.17) is 19.6 Å². The van der Waals surface area contributed by atoms with Gasteiger partial charge in [0, 0.05) is 5.41 Å². The number of methoxy groups -OCH3 is 1. The summed E-state index contributed by atoms with van der Waals surface area (Å²) < 4.78 is 29.8. The molecule has 0 saturated heterocycles. The Bertz CT molecular complexity index is 1560. The van der Waals surface area contributed by atoms with Crippen LogP contribution in [-0.2, 0) is 4.79 Å². The number of thioether (sulfide) groups is 1. The van der Waals surface area contributed by atoms with Gasteiger partial charge in [0.1, 0.15) is 17.4 Å². The fourth-order valence-corrected chi connectivity index (χ4v) is 4.83. The van der Waals surface area contributed by atoms with Crippen molar-refractivity contribution in [2.45, 2.75) is 6.92 Å². The summed E-state index contributed by atoms with van der Waals surface area (Å²) in [7, 11) is 1.54. The van der Waals surface area contributed by atoms with Crippen molar-refractivity contribution in [3.05, 3.63) is 100 Å². The van der Waals surface area contributed by atoms with Crippen LogP contribution in [0.5, 0.6) is 17.2 Å². The number of hydrogen-bond acceptors (Lipinski definition) is 7. The third kappa shape index (κ3) is 5.32. The third-order valence-corrected chi connectivity index (χ3v) is 6.69. The van der Waals surface area contributed by atoms with E-state index in [2.05, 4.69) is 4.99 Å². The largest absolute Gasteiger partial charge is 0.497 e. The summed E-state index contributed by atoms with van der Waals surface area (Å²) in [5.41, 5.74) is 2.27. The number of amidine groups is 2. The smallest absolute Gasteiger partial charge is 0.343 e. The Labute approximate surface area is 227 Å². The quantitative estimate of drug-likeness (QED) is 0.230. The van der Waals surface area contributed by atoms with Gasteiger partial charge in [-0.1, -0.05) is 17.8 Å². The number of nitrogens with zero attached hydrogens (tertiary/aromatic N) is 2. The highest BCUT2D eigenvalue weighted by Crippen LogP contribution is 2.38. The molecule has 0 aliphatic carbocycles. The van der Waals surface area contributed by atoms with Crippen LogP contribution in [0.15, 0.2) is 82.7 Å². The van der Waals surface area contributed by atoms with Crippen LogP contribution in [-0.4, -0.2) is 41.5 Å². The van der Waals surface area contributed by atoms with Gasteiger partial charge >= 0.3 is 5.97 Å². The lowest BCUT2D eigenvalue weighted by atomic mass is 10.1. The van der Waals surface area contributed by atoms with Crippen LogP contribution in [0, 0.1) is 11.2 Å². The molecule has 0 bridgehead atoms. The molecule has 2 aliphatic heterocycles. The fraction of sp³-hybridized carbons (Fsp3) is 0.103. The lowest BCUT2D eigenvalue weighted by Gasteiger charge is -2.27. The van der Waals surface area contributed by atoms with Crippen molar-refractivity contribution in [1.29, 1.82) is 5.41 Å². The monoisotopic (exact) mass is 543 g/mol.